The number of benzene rings is 1. The fourth-order valence-electron chi connectivity index (χ4n) is 3.21. The molecule has 1 heterocycles. The molecular formula is C15H21NS. The van der Waals surface area contributed by atoms with E-state index in [0.29, 0.717) is 5.41 Å². The molecule has 17 heavy (non-hydrogen) atoms. The summed E-state index contributed by atoms with van der Waals surface area (Å²) in [6.07, 6.45) is 5.26. The molecule has 0 aromatic heterocycles. The van der Waals surface area contributed by atoms with Gasteiger partial charge in [0.15, 0.2) is 0 Å². The molecule has 1 aromatic carbocycles. The van der Waals surface area contributed by atoms with E-state index in [1.54, 1.807) is 5.56 Å². The molecule has 92 valence electrons. The first kappa shape index (κ1) is 11.6. The van der Waals surface area contributed by atoms with Gasteiger partial charge < -0.3 is 5.73 Å². The van der Waals surface area contributed by atoms with Gasteiger partial charge in [0.1, 0.15) is 0 Å². The van der Waals surface area contributed by atoms with E-state index < -0.39 is 0 Å². The first-order valence-corrected chi connectivity index (χ1v) is 7.88. The Morgan fingerprint density at radius 2 is 2.00 bits per heavy atom. The molecule has 0 unspecified atom stereocenters. The topological polar surface area (TPSA) is 26.0 Å². The Hall–Kier alpha value is -0.470. The zero-order chi connectivity index (χ0) is 11.7. The van der Waals surface area contributed by atoms with Crippen LogP contribution in [0.2, 0.25) is 0 Å². The molecule has 0 radical (unpaired) electrons. The van der Waals surface area contributed by atoms with Gasteiger partial charge in [-0.2, -0.15) is 11.8 Å². The van der Waals surface area contributed by atoms with Crippen LogP contribution in [0.15, 0.2) is 24.3 Å². The van der Waals surface area contributed by atoms with Crippen LogP contribution in [0.1, 0.15) is 42.7 Å². The minimum atomic E-state index is 0.299. The largest absolute Gasteiger partial charge is 0.330 e. The highest BCUT2D eigenvalue weighted by molar-refractivity contribution is 8.00. The van der Waals surface area contributed by atoms with Crippen LogP contribution in [0.3, 0.4) is 0 Å². The van der Waals surface area contributed by atoms with Gasteiger partial charge in [-0.05, 0) is 24.0 Å². The predicted molar refractivity (Wildman–Crippen MR) is 75.7 cm³/mol. The maximum Gasteiger partial charge on any atom is 0.00756 e. The van der Waals surface area contributed by atoms with Gasteiger partial charge in [-0.15, -0.1) is 0 Å². The monoisotopic (exact) mass is 247 g/mol. The van der Waals surface area contributed by atoms with Crippen LogP contribution in [-0.4, -0.2) is 18.1 Å². The van der Waals surface area contributed by atoms with Crippen LogP contribution in [-0.2, 0) is 5.41 Å². The molecule has 3 rings (SSSR count). The summed E-state index contributed by atoms with van der Waals surface area (Å²) >= 11 is 2.06. The van der Waals surface area contributed by atoms with Crippen molar-refractivity contribution in [2.24, 2.45) is 5.73 Å². The highest BCUT2D eigenvalue weighted by Gasteiger charge is 2.34. The molecule has 2 N–H and O–H groups in total. The molecule has 0 bridgehead atoms. The zero-order valence-electron chi connectivity index (χ0n) is 10.3. The van der Waals surface area contributed by atoms with E-state index in [0.717, 1.165) is 12.5 Å². The van der Waals surface area contributed by atoms with Crippen LogP contribution in [0.4, 0.5) is 0 Å². The Kier molecular flexibility index (Phi) is 3.18. The van der Waals surface area contributed by atoms with E-state index in [4.69, 9.17) is 5.73 Å². The number of hydrogen-bond acceptors (Lipinski definition) is 2. The summed E-state index contributed by atoms with van der Waals surface area (Å²) in [6, 6.07) is 9.28. The van der Waals surface area contributed by atoms with Crippen molar-refractivity contribution in [1.82, 2.24) is 0 Å². The Morgan fingerprint density at radius 1 is 1.24 bits per heavy atom. The molecule has 1 aromatic rings. The third-order valence-electron chi connectivity index (χ3n) is 4.56. The van der Waals surface area contributed by atoms with Gasteiger partial charge >= 0.3 is 0 Å². The van der Waals surface area contributed by atoms with Crippen molar-refractivity contribution in [1.29, 1.82) is 0 Å². The molecule has 1 aliphatic heterocycles. The van der Waals surface area contributed by atoms with Gasteiger partial charge in [0.25, 0.3) is 0 Å². The third kappa shape index (κ3) is 2.02. The van der Waals surface area contributed by atoms with Crippen molar-refractivity contribution < 1.29 is 0 Å². The minimum Gasteiger partial charge on any atom is -0.330 e. The molecule has 2 fully saturated rings. The second-order valence-corrected chi connectivity index (χ2v) is 6.63. The zero-order valence-corrected chi connectivity index (χ0v) is 11.1. The highest BCUT2D eigenvalue weighted by Crippen LogP contribution is 2.42. The van der Waals surface area contributed by atoms with Crippen molar-refractivity contribution >= 4 is 11.8 Å². The first-order valence-electron chi connectivity index (χ1n) is 6.72. The minimum absolute atomic E-state index is 0.299. The fourth-order valence-corrected chi connectivity index (χ4v) is 4.07. The maximum atomic E-state index is 6.07. The van der Waals surface area contributed by atoms with Gasteiger partial charge in [0.2, 0.25) is 0 Å². The van der Waals surface area contributed by atoms with E-state index in [9.17, 15) is 0 Å². The van der Waals surface area contributed by atoms with Crippen molar-refractivity contribution in [2.45, 2.75) is 37.0 Å². The van der Waals surface area contributed by atoms with Gasteiger partial charge in [0.05, 0.1) is 0 Å². The van der Waals surface area contributed by atoms with Crippen LogP contribution in [0.5, 0.6) is 0 Å². The lowest BCUT2D eigenvalue weighted by molar-refractivity contribution is 0.452. The number of rotatable bonds is 3. The molecule has 0 atom stereocenters. The third-order valence-corrected chi connectivity index (χ3v) is 5.84. The van der Waals surface area contributed by atoms with Crippen molar-refractivity contribution in [2.75, 3.05) is 18.1 Å². The van der Waals surface area contributed by atoms with Crippen LogP contribution >= 0.6 is 11.8 Å². The molecule has 2 heteroatoms. The van der Waals surface area contributed by atoms with Gasteiger partial charge in [-0.3, -0.25) is 0 Å². The average Bonchev–Trinajstić information content (AvgIpc) is 2.77. The summed E-state index contributed by atoms with van der Waals surface area (Å²) in [5.74, 6) is 3.41. The summed E-state index contributed by atoms with van der Waals surface area (Å²) in [4.78, 5) is 0. The number of hydrogen-bond donors (Lipinski definition) is 1. The summed E-state index contributed by atoms with van der Waals surface area (Å²) in [5.41, 5.74) is 9.42. The maximum absolute atomic E-state index is 6.07. The van der Waals surface area contributed by atoms with Crippen LogP contribution in [0.25, 0.3) is 0 Å². The lowest BCUT2D eigenvalue weighted by Crippen LogP contribution is -2.32. The fraction of sp³-hybridized carbons (Fsp3) is 0.600. The summed E-state index contributed by atoms with van der Waals surface area (Å²) in [7, 11) is 0. The smallest absolute Gasteiger partial charge is 0.00756 e. The Bertz CT molecular complexity index is 392. The summed E-state index contributed by atoms with van der Waals surface area (Å²) in [5, 5.41) is 0. The summed E-state index contributed by atoms with van der Waals surface area (Å²) < 4.78 is 0. The van der Waals surface area contributed by atoms with Crippen molar-refractivity contribution in [3.63, 3.8) is 0 Å². The molecule has 1 saturated heterocycles. The predicted octanol–water partition coefficient (Wildman–Crippen LogP) is 3.29. The standard InChI is InChI=1S/C15H21NS/c16-11-15(6-1-2-7-15)14-5-3-4-12(8-14)13-9-17-10-13/h3-5,8,13H,1-2,6-7,9-11,16H2. The van der Waals surface area contributed by atoms with E-state index in [1.165, 1.54) is 42.8 Å². The summed E-state index contributed by atoms with van der Waals surface area (Å²) in [6.45, 7) is 0.815. The Labute approximate surface area is 108 Å². The van der Waals surface area contributed by atoms with Crippen LogP contribution < -0.4 is 5.73 Å². The molecule has 1 aliphatic carbocycles. The molecular weight excluding hydrogens is 226 g/mol. The molecule has 0 spiro atoms. The molecule has 1 nitrogen and oxygen atoms in total. The van der Waals surface area contributed by atoms with Crippen molar-refractivity contribution in [3.8, 4) is 0 Å². The quantitative estimate of drug-likeness (QED) is 0.887. The second-order valence-electron chi connectivity index (χ2n) is 5.55. The first-order chi connectivity index (χ1) is 8.34. The lowest BCUT2D eigenvalue weighted by atomic mass is 9.78. The van der Waals surface area contributed by atoms with Gasteiger partial charge in [0, 0.05) is 29.4 Å². The van der Waals surface area contributed by atoms with E-state index in [1.807, 2.05) is 0 Å². The highest BCUT2D eigenvalue weighted by atomic mass is 32.2. The molecule has 1 saturated carbocycles. The van der Waals surface area contributed by atoms with E-state index >= 15 is 0 Å². The average molecular weight is 247 g/mol. The normalized spacial score (nSPS) is 23.6. The lowest BCUT2D eigenvalue weighted by Gasteiger charge is -2.31. The Morgan fingerprint density at radius 3 is 2.59 bits per heavy atom. The SMILES string of the molecule is NCC1(c2cccc(C3CSC3)c2)CCCC1. The van der Waals surface area contributed by atoms with Crippen LogP contribution in [0, 0.1) is 0 Å². The molecule has 2 aliphatic rings. The number of nitrogens with two attached hydrogens (primary N) is 1. The molecule has 0 amide bonds. The van der Waals surface area contributed by atoms with E-state index in [2.05, 4.69) is 36.0 Å². The Balaban J connectivity index is 1.90. The second kappa shape index (κ2) is 4.66. The van der Waals surface area contributed by atoms with Crippen molar-refractivity contribution in [3.05, 3.63) is 35.4 Å². The van der Waals surface area contributed by atoms with E-state index in [-0.39, 0.29) is 0 Å². The number of thioether (sulfide) groups is 1. The van der Waals surface area contributed by atoms with Gasteiger partial charge in [-0.1, -0.05) is 37.1 Å². The van der Waals surface area contributed by atoms with Gasteiger partial charge in [-0.25, -0.2) is 0 Å².